The SMILES string of the molecule is Cc1cc([N+](=O)[O-])cc([N+](=O)[O-])c1O.O=C(O)c1ccccc1. The lowest BCUT2D eigenvalue weighted by atomic mass is 10.1. The number of phenolic OH excluding ortho intramolecular Hbond substituents is 1. The molecule has 0 aliphatic rings. The van der Waals surface area contributed by atoms with Crippen molar-refractivity contribution < 1.29 is 24.9 Å². The van der Waals surface area contributed by atoms with Crippen LogP contribution in [0.1, 0.15) is 15.9 Å². The Kier molecular flexibility index (Phi) is 5.73. The number of nitro benzene ring substituents is 2. The molecule has 9 heteroatoms. The molecule has 2 rings (SSSR count). The molecule has 0 aliphatic carbocycles. The number of aromatic hydroxyl groups is 1. The van der Waals surface area contributed by atoms with Gasteiger partial charge in [0.2, 0.25) is 0 Å². The summed E-state index contributed by atoms with van der Waals surface area (Å²) in [5, 5.41) is 38.3. The summed E-state index contributed by atoms with van der Waals surface area (Å²) in [6, 6.07) is 10.1. The molecule has 0 atom stereocenters. The van der Waals surface area contributed by atoms with Crippen molar-refractivity contribution in [3.8, 4) is 5.75 Å². The minimum absolute atomic E-state index is 0.103. The van der Waals surface area contributed by atoms with Gasteiger partial charge in [-0.1, -0.05) is 18.2 Å². The number of rotatable bonds is 3. The summed E-state index contributed by atoms with van der Waals surface area (Å²) in [5.41, 5.74) is -0.632. The molecule has 0 heterocycles. The standard InChI is InChI=1S/C7H6N2O5.C7H6O2/c1-4-2-5(8(11)12)3-6(7(4)10)9(13)14;8-7(9)6-4-2-1-3-5-6/h2-3,10H,1H3;1-5H,(H,8,9). The van der Waals surface area contributed by atoms with Crippen LogP contribution in [0.3, 0.4) is 0 Å². The van der Waals surface area contributed by atoms with Crippen LogP contribution in [0.4, 0.5) is 11.4 Å². The summed E-state index contributed by atoms with van der Waals surface area (Å²) >= 11 is 0. The first-order valence-corrected chi connectivity index (χ1v) is 6.14. The Morgan fingerprint density at radius 1 is 1.04 bits per heavy atom. The highest BCUT2D eigenvalue weighted by molar-refractivity contribution is 5.87. The molecule has 0 aliphatic heterocycles. The van der Waals surface area contributed by atoms with Crippen molar-refractivity contribution in [3.63, 3.8) is 0 Å². The van der Waals surface area contributed by atoms with Crippen molar-refractivity contribution in [3.05, 3.63) is 73.8 Å². The Bertz CT molecular complexity index is 744. The van der Waals surface area contributed by atoms with E-state index in [0.717, 1.165) is 12.1 Å². The molecule has 0 unspecified atom stereocenters. The zero-order valence-electron chi connectivity index (χ0n) is 11.9. The Morgan fingerprint density at radius 3 is 2.00 bits per heavy atom. The number of aromatic carboxylic acids is 1. The highest BCUT2D eigenvalue weighted by atomic mass is 16.6. The Hall–Kier alpha value is -3.49. The Morgan fingerprint density at radius 2 is 1.61 bits per heavy atom. The fourth-order valence-electron chi connectivity index (χ4n) is 1.57. The van der Waals surface area contributed by atoms with Crippen LogP contribution >= 0.6 is 0 Å². The molecule has 0 saturated carbocycles. The molecule has 120 valence electrons. The van der Waals surface area contributed by atoms with Gasteiger partial charge >= 0.3 is 11.7 Å². The van der Waals surface area contributed by atoms with Crippen LogP contribution in [-0.2, 0) is 0 Å². The molecule has 2 aromatic rings. The minimum atomic E-state index is -0.879. The molecule has 9 nitrogen and oxygen atoms in total. The first-order valence-electron chi connectivity index (χ1n) is 6.14. The van der Waals surface area contributed by atoms with Gasteiger partial charge in [-0.25, -0.2) is 4.79 Å². The lowest BCUT2D eigenvalue weighted by molar-refractivity contribution is -0.394. The maximum atomic E-state index is 10.4. The third-order valence-electron chi connectivity index (χ3n) is 2.69. The van der Waals surface area contributed by atoms with Gasteiger partial charge in [0.25, 0.3) is 5.69 Å². The summed E-state index contributed by atoms with van der Waals surface area (Å²) < 4.78 is 0. The number of aryl methyl sites for hydroxylation is 1. The number of hydrogen-bond donors (Lipinski definition) is 2. The van der Waals surface area contributed by atoms with Crippen LogP contribution in [0, 0.1) is 27.2 Å². The largest absolute Gasteiger partial charge is 0.502 e. The molecular formula is C14H12N2O7. The quantitative estimate of drug-likeness (QED) is 0.653. The molecule has 0 spiro atoms. The van der Waals surface area contributed by atoms with Crippen molar-refractivity contribution in [1.29, 1.82) is 0 Å². The van der Waals surface area contributed by atoms with E-state index in [-0.39, 0.29) is 5.56 Å². The lowest BCUT2D eigenvalue weighted by Gasteiger charge is -1.99. The number of hydrogen-bond acceptors (Lipinski definition) is 6. The molecule has 0 aromatic heterocycles. The summed E-state index contributed by atoms with van der Waals surface area (Å²) in [6.45, 7) is 1.36. The van der Waals surface area contributed by atoms with E-state index < -0.39 is 32.9 Å². The third-order valence-corrected chi connectivity index (χ3v) is 2.69. The second kappa shape index (κ2) is 7.50. The molecule has 0 bridgehead atoms. The molecule has 0 radical (unpaired) electrons. The van der Waals surface area contributed by atoms with Gasteiger partial charge in [-0.2, -0.15) is 0 Å². The number of nitro groups is 2. The average Bonchev–Trinajstić information content (AvgIpc) is 2.50. The molecular weight excluding hydrogens is 308 g/mol. The molecule has 23 heavy (non-hydrogen) atoms. The van der Waals surface area contributed by atoms with Gasteiger partial charge in [0.15, 0.2) is 5.75 Å². The van der Waals surface area contributed by atoms with Crippen molar-refractivity contribution in [2.75, 3.05) is 0 Å². The number of phenols is 1. The van der Waals surface area contributed by atoms with E-state index in [9.17, 15) is 30.1 Å². The smallest absolute Gasteiger partial charge is 0.335 e. The van der Waals surface area contributed by atoms with Crippen molar-refractivity contribution in [2.45, 2.75) is 6.92 Å². The lowest BCUT2D eigenvalue weighted by Crippen LogP contribution is -1.94. The van der Waals surface area contributed by atoms with Crippen LogP contribution in [0.15, 0.2) is 42.5 Å². The number of benzene rings is 2. The van der Waals surface area contributed by atoms with Crippen LogP contribution < -0.4 is 0 Å². The van der Waals surface area contributed by atoms with E-state index in [1.54, 1.807) is 30.3 Å². The Labute approximate surface area is 129 Å². The van der Waals surface area contributed by atoms with Gasteiger partial charge < -0.3 is 10.2 Å². The highest BCUT2D eigenvalue weighted by Crippen LogP contribution is 2.33. The predicted molar refractivity (Wildman–Crippen MR) is 79.6 cm³/mol. The number of carbonyl (C=O) groups is 1. The average molecular weight is 320 g/mol. The molecule has 0 amide bonds. The van der Waals surface area contributed by atoms with Gasteiger partial charge in [-0.05, 0) is 19.1 Å². The van der Waals surface area contributed by atoms with Gasteiger partial charge in [-0.3, -0.25) is 20.2 Å². The molecule has 2 N–H and O–H groups in total. The zero-order valence-corrected chi connectivity index (χ0v) is 11.9. The number of nitrogens with zero attached hydrogens (tertiary/aromatic N) is 2. The summed E-state index contributed by atoms with van der Waals surface area (Å²) in [7, 11) is 0. The van der Waals surface area contributed by atoms with Crippen molar-refractivity contribution in [2.24, 2.45) is 0 Å². The number of carboxylic acids is 1. The first kappa shape index (κ1) is 17.6. The van der Waals surface area contributed by atoms with E-state index >= 15 is 0 Å². The van der Waals surface area contributed by atoms with Crippen LogP contribution in [0.25, 0.3) is 0 Å². The van der Waals surface area contributed by atoms with E-state index in [1.807, 2.05) is 0 Å². The van der Waals surface area contributed by atoms with E-state index in [0.29, 0.717) is 5.56 Å². The monoisotopic (exact) mass is 320 g/mol. The summed E-state index contributed by atoms with van der Waals surface area (Å²) in [6.07, 6.45) is 0. The van der Waals surface area contributed by atoms with Gasteiger partial charge in [0, 0.05) is 11.6 Å². The maximum absolute atomic E-state index is 10.4. The van der Waals surface area contributed by atoms with E-state index in [2.05, 4.69) is 0 Å². The van der Waals surface area contributed by atoms with Crippen LogP contribution in [0.5, 0.6) is 5.75 Å². The maximum Gasteiger partial charge on any atom is 0.335 e. The third kappa shape index (κ3) is 4.77. The van der Waals surface area contributed by atoms with Crippen molar-refractivity contribution in [1.82, 2.24) is 0 Å². The van der Waals surface area contributed by atoms with Crippen LogP contribution in [0.2, 0.25) is 0 Å². The topological polar surface area (TPSA) is 144 Å². The fourth-order valence-corrected chi connectivity index (χ4v) is 1.57. The van der Waals surface area contributed by atoms with E-state index in [4.69, 9.17) is 5.11 Å². The normalized spacial score (nSPS) is 9.43. The second-order valence-corrected chi connectivity index (χ2v) is 4.32. The molecule has 2 aromatic carbocycles. The second-order valence-electron chi connectivity index (χ2n) is 4.32. The van der Waals surface area contributed by atoms with Crippen molar-refractivity contribution >= 4 is 17.3 Å². The number of carboxylic acid groups (broad SMARTS) is 1. The van der Waals surface area contributed by atoms with Gasteiger partial charge in [0.05, 0.1) is 21.5 Å². The summed E-state index contributed by atoms with van der Waals surface area (Å²) in [5.74, 6) is -1.42. The predicted octanol–water partition coefficient (Wildman–Crippen LogP) is 2.90. The Balaban J connectivity index is 0.000000253. The summed E-state index contributed by atoms with van der Waals surface area (Å²) in [4.78, 5) is 29.3. The minimum Gasteiger partial charge on any atom is -0.502 e. The van der Waals surface area contributed by atoms with Gasteiger partial charge in [-0.15, -0.1) is 0 Å². The molecule has 0 fully saturated rings. The van der Waals surface area contributed by atoms with E-state index in [1.165, 1.54) is 6.92 Å². The first-order chi connectivity index (χ1) is 10.7. The molecule has 0 saturated heterocycles. The number of non-ortho nitro benzene ring substituents is 1. The zero-order chi connectivity index (χ0) is 17.6. The van der Waals surface area contributed by atoms with Crippen LogP contribution in [-0.4, -0.2) is 26.0 Å². The highest BCUT2D eigenvalue weighted by Gasteiger charge is 2.21. The fraction of sp³-hybridized carbons (Fsp3) is 0.0714. The van der Waals surface area contributed by atoms with Gasteiger partial charge in [0.1, 0.15) is 0 Å².